The molecule has 1 fully saturated rings. The molecular formula is C39H52N6O3. The van der Waals surface area contributed by atoms with Gasteiger partial charge in [-0.05, 0) is 91.2 Å². The van der Waals surface area contributed by atoms with Crippen LogP contribution in [0.1, 0.15) is 94.4 Å². The SMILES string of the molecule is C=CCCc1nc(C)c(C)n1-c1cccc(-c2cc3nc(C)c([C@H](OC(C)(C)C)C(=O)OC)c(N4CCC(C)(CCC=C)CC4)n3n2)c1. The van der Waals surface area contributed by atoms with Crippen LogP contribution in [0.2, 0.25) is 0 Å². The Bertz CT molecular complexity index is 1800. The minimum absolute atomic E-state index is 0.222. The van der Waals surface area contributed by atoms with Crippen molar-refractivity contribution >= 4 is 17.4 Å². The molecule has 1 saturated heterocycles. The van der Waals surface area contributed by atoms with E-state index in [2.05, 4.69) is 67.7 Å². The number of rotatable bonds is 12. The summed E-state index contributed by atoms with van der Waals surface area (Å²) in [5, 5.41) is 5.20. The summed E-state index contributed by atoms with van der Waals surface area (Å²) in [4.78, 5) is 25.6. The van der Waals surface area contributed by atoms with E-state index in [9.17, 15) is 4.79 Å². The highest BCUT2D eigenvalue weighted by Gasteiger charge is 2.37. The predicted molar refractivity (Wildman–Crippen MR) is 193 cm³/mol. The summed E-state index contributed by atoms with van der Waals surface area (Å²) >= 11 is 0. The van der Waals surface area contributed by atoms with Crippen LogP contribution in [0.25, 0.3) is 22.6 Å². The first-order valence-corrected chi connectivity index (χ1v) is 17.1. The third kappa shape index (κ3) is 7.26. The van der Waals surface area contributed by atoms with Gasteiger partial charge >= 0.3 is 5.97 Å². The van der Waals surface area contributed by atoms with Gasteiger partial charge in [0.15, 0.2) is 11.8 Å². The Kier molecular flexibility index (Phi) is 10.3. The molecule has 256 valence electrons. The van der Waals surface area contributed by atoms with Crippen LogP contribution in [0.3, 0.4) is 0 Å². The van der Waals surface area contributed by atoms with Crippen molar-refractivity contribution in [1.82, 2.24) is 24.1 Å². The first-order chi connectivity index (χ1) is 22.8. The molecule has 0 N–H and O–H groups in total. The minimum atomic E-state index is -0.964. The lowest BCUT2D eigenvalue weighted by Gasteiger charge is -2.41. The highest BCUT2D eigenvalue weighted by molar-refractivity contribution is 5.80. The van der Waals surface area contributed by atoms with E-state index in [4.69, 9.17) is 24.5 Å². The second kappa shape index (κ2) is 14.1. The maximum absolute atomic E-state index is 13.4. The lowest BCUT2D eigenvalue weighted by Crippen LogP contribution is -2.41. The summed E-state index contributed by atoms with van der Waals surface area (Å²) in [6.45, 7) is 23.8. The van der Waals surface area contributed by atoms with Crippen LogP contribution in [0, 0.1) is 26.2 Å². The van der Waals surface area contributed by atoms with Crippen LogP contribution in [0.4, 0.5) is 5.82 Å². The van der Waals surface area contributed by atoms with Crippen molar-refractivity contribution < 1.29 is 14.3 Å². The van der Waals surface area contributed by atoms with E-state index in [1.54, 1.807) is 0 Å². The van der Waals surface area contributed by atoms with Gasteiger partial charge in [0.05, 0.1) is 29.7 Å². The van der Waals surface area contributed by atoms with Crippen molar-refractivity contribution in [3.8, 4) is 16.9 Å². The number of anilines is 1. The third-order valence-electron chi connectivity index (χ3n) is 9.56. The van der Waals surface area contributed by atoms with Gasteiger partial charge in [-0.3, -0.25) is 0 Å². The number of esters is 1. The smallest absolute Gasteiger partial charge is 0.339 e. The Hall–Kier alpha value is -4.24. The van der Waals surface area contributed by atoms with Crippen LogP contribution in [-0.4, -0.2) is 55.9 Å². The number of aromatic nitrogens is 5. The van der Waals surface area contributed by atoms with Crippen molar-refractivity contribution in [2.45, 2.75) is 98.7 Å². The summed E-state index contributed by atoms with van der Waals surface area (Å²) < 4.78 is 15.9. The summed E-state index contributed by atoms with van der Waals surface area (Å²) in [6.07, 6.45) is 8.77. The zero-order valence-electron chi connectivity index (χ0n) is 30.1. The normalized spacial score (nSPS) is 15.5. The predicted octanol–water partition coefficient (Wildman–Crippen LogP) is 8.23. The minimum Gasteiger partial charge on any atom is -0.467 e. The highest BCUT2D eigenvalue weighted by Crippen LogP contribution is 2.41. The van der Waals surface area contributed by atoms with E-state index in [1.807, 2.05) is 50.4 Å². The number of hydrogen-bond donors (Lipinski definition) is 0. The number of methoxy groups -OCH3 is 1. The first kappa shape index (κ1) is 35.1. The molecular weight excluding hydrogens is 600 g/mol. The average Bonchev–Trinajstić information content (AvgIpc) is 3.60. The number of aryl methyl sites for hydroxylation is 3. The molecule has 4 aromatic rings. The maximum atomic E-state index is 13.4. The molecule has 9 heteroatoms. The molecule has 0 bridgehead atoms. The standard InChI is InChI=1S/C39H52N6O3/c1-11-13-18-32-40-26(3)28(5)44(32)30-17-15-16-29(24-30)31-25-33-41-27(4)34(35(37(46)47-10)48-38(6,7)8)36(45(33)42-31)43-22-20-39(9,21-23-43)19-14-12-2/h11-12,15-17,24-25,35H,1-2,13-14,18-23H2,3-10H3/t35-/m0/s1. The van der Waals surface area contributed by atoms with Crippen molar-refractivity contribution in [3.05, 3.63) is 84.1 Å². The largest absolute Gasteiger partial charge is 0.467 e. The molecule has 1 aromatic carbocycles. The van der Waals surface area contributed by atoms with E-state index in [1.165, 1.54) is 7.11 Å². The zero-order valence-corrected chi connectivity index (χ0v) is 30.1. The Balaban J connectivity index is 1.66. The second-order valence-corrected chi connectivity index (χ2v) is 14.4. The van der Waals surface area contributed by atoms with Gasteiger partial charge in [0.25, 0.3) is 0 Å². The molecule has 1 aliphatic heterocycles. The van der Waals surface area contributed by atoms with Gasteiger partial charge in [0, 0.05) is 48.2 Å². The molecule has 0 amide bonds. The highest BCUT2D eigenvalue weighted by atomic mass is 16.6. The number of allylic oxidation sites excluding steroid dienone is 2. The number of piperidine rings is 1. The molecule has 0 saturated carbocycles. The lowest BCUT2D eigenvalue weighted by atomic mass is 9.76. The molecule has 48 heavy (non-hydrogen) atoms. The lowest BCUT2D eigenvalue weighted by molar-refractivity contribution is -0.164. The molecule has 5 rings (SSSR count). The van der Waals surface area contributed by atoms with Crippen molar-refractivity contribution in [2.75, 3.05) is 25.1 Å². The number of fused-ring (bicyclic) bond motifs is 1. The van der Waals surface area contributed by atoms with Crippen LogP contribution in [0.5, 0.6) is 0 Å². The van der Waals surface area contributed by atoms with Gasteiger partial charge in [0.2, 0.25) is 0 Å². The number of nitrogens with zero attached hydrogens (tertiary/aromatic N) is 6. The van der Waals surface area contributed by atoms with Crippen LogP contribution in [-0.2, 0) is 20.7 Å². The number of imidazole rings is 1. The Labute approximate surface area is 285 Å². The fourth-order valence-electron chi connectivity index (χ4n) is 6.74. The fourth-order valence-corrected chi connectivity index (χ4v) is 6.74. The first-order valence-electron chi connectivity index (χ1n) is 17.1. The van der Waals surface area contributed by atoms with E-state index in [0.29, 0.717) is 16.9 Å². The molecule has 0 aliphatic carbocycles. The van der Waals surface area contributed by atoms with Gasteiger partial charge in [-0.2, -0.15) is 9.61 Å². The molecule has 9 nitrogen and oxygen atoms in total. The summed E-state index contributed by atoms with van der Waals surface area (Å²) in [5.74, 6) is 1.39. The number of hydrogen-bond acceptors (Lipinski definition) is 7. The summed E-state index contributed by atoms with van der Waals surface area (Å²) in [5.41, 5.74) is 6.67. The molecule has 0 spiro atoms. The Morgan fingerprint density at radius 1 is 1.04 bits per heavy atom. The molecule has 0 radical (unpaired) electrons. The average molecular weight is 653 g/mol. The Morgan fingerprint density at radius 2 is 1.75 bits per heavy atom. The molecule has 4 heterocycles. The Morgan fingerprint density at radius 3 is 2.40 bits per heavy atom. The quantitative estimate of drug-likeness (QED) is 0.113. The number of carbonyl (C=O) groups is 1. The summed E-state index contributed by atoms with van der Waals surface area (Å²) in [6, 6.07) is 10.4. The van der Waals surface area contributed by atoms with E-state index in [0.717, 1.165) is 91.6 Å². The number of ether oxygens (including phenoxy) is 2. The van der Waals surface area contributed by atoms with Crippen molar-refractivity contribution in [2.24, 2.45) is 5.41 Å². The second-order valence-electron chi connectivity index (χ2n) is 14.4. The van der Waals surface area contributed by atoms with Gasteiger partial charge < -0.3 is 18.9 Å². The van der Waals surface area contributed by atoms with Gasteiger partial charge in [-0.1, -0.05) is 31.2 Å². The zero-order chi connectivity index (χ0) is 34.8. The number of carbonyl (C=O) groups excluding carboxylic acids is 1. The van der Waals surface area contributed by atoms with Gasteiger partial charge in [0.1, 0.15) is 11.6 Å². The van der Waals surface area contributed by atoms with Gasteiger partial charge in [-0.15, -0.1) is 13.2 Å². The fraction of sp³-hybridized carbons (Fsp3) is 0.487. The topological polar surface area (TPSA) is 86.8 Å². The summed E-state index contributed by atoms with van der Waals surface area (Å²) in [7, 11) is 1.40. The van der Waals surface area contributed by atoms with Crippen LogP contribution in [0.15, 0.2) is 55.6 Å². The van der Waals surface area contributed by atoms with Crippen molar-refractivity contribution in [3.63, 3.8) is 0 Å². The third-order valence-corrected chi connectivity index (χ3v) is 9.56. The van der Waals surface area contributed by atoms with Gasteiger partial charge in [-0.25, -0.2) is 14.8 Å². The molecule has 0 unspecified atom stereocenters. The monoisotopic (exact) mass is 652 g/mol. The maximum Gasteiger partial charge on any atom is 0.339 e. The molecule has 1 atom stereocenters. The molecule has 3 aromatic heterocycles. The van der Waals surface area contributed by atoms with Crippen LogP contribution >= 0.6 is 0 Å². The van der Waals surface area contributed by atoms with E-state index >= 15 is 0 Å². The van der Waals surface area contributed by atoms with Crippen molar-refractivity contribution in [1.29, 1.82) is 0 Å². The van der Waals surface area contributed by atoms with E-state index in [-0.39, 0.29) is 5.41 Å². The van der Waals surface area contributed by atoms with E-state index < -0.39 is 17.7 Å². The number of benzene rings is 1. The van der Waals surface area contributed by atoms with Crippen LogP contribution < -0.4 is 4.90 Å². The molecule has 1 aliphatic rings.